The van der Waals surface area contributed by atoms with Gasteiger partial charge in [-0.15, -0.1) is 0 Å². The summed E-state index contributed by atoms with van der Waals surface area (Å²) in [4.78, 5) is 12.6. The highest BCUT2D eigenvalue weighted by molar-refractivity contribution is 5.77. The zero-order valence-electron chi connectivity index (χ0n) is 14.7. The van der Waals surface area contributed by atoms with Gasteiger partial charge in [-0.05, 0) is 43.0 Å². The molecule has 25 heavy (non-hydrogen) atoms. The average Bonchev–Trinajstić information content (AvgIpc) is 3.18. The number of carbonyl (C=O) groups excluding carboxylic acids is 1. The van der Waals surface area contributed by atoms with E-state index in [1.807, 2.05) is 48.8 Å². The first-order chi connectivity index (χ1) is 12.2. The fourth-order valence-corrected chi connectivity index (χ4v) is 3.54. The molecule has 0 aliphatic carbocycles. The van der Waals surface area contributed by atoms with Crippen molar-refractivity contribution < 1.29 is 14.3 Å². The number of hydrogen-bond acceptors (Lipinski definition) is 3. The maximum absolute atomic E-state index is 12.6. The molecule has 1 fully saturated rings. The summed E-state index contributed by atoms with van der Waals surface area (Å²) in [5.41, 5.74) is 0.937. The number of amides is 1. The lowest BCUT2D eigenvalue weighted by Gasteiger charge is -2.38. The first-order valence-electron chi connectivity index (χ1n) is 8.83. The van der Waals surface area contributed by atoms with E-state index in [0.29, 0.717) is 26.2 Å². The molecule has 2 heterocycles. The van der Waals surface area contributed by atoms with E-state index < -0.39 is 0 Å². The van der Waals surface area contributed by atoms with Crippen molar-refractivity contribution in [3.05, 3.63) is 54.4 Å². The number of methoxy groups -OCH3 is 1. The molecule has 0 unspecified atom stereocenters. The van der Waals surface area contributed by atoms with Crippen LogP contribution in [0.3, 0.4) is 0 Å². The summed E-state index contributed by atoms with van der Waals surface area (Å²) in [7, 11) is 1.67. The molecule has 2 aromatic rings. The molecule has 1 aliphatic heterocycles. The van der Waals surface area contributed by atoms with Gasteiger partial charge in [0.2, 0.25) is 5.91 Å². The number of aromatic nitrogens is 1. The summed E-state index contributed by atoms with van der Waals surface area (Å²) in [6.45, 7) is 2.01. The minimum atomic E-state index is -0.170. The van der Waals surface area contributed by atoms with E-state index in [4.69, 9.17) is 9.47 Å². The number of para-hydroxylation sites is 1. The molecule has 0 saturated carbocycles. The van der Waals surface area contributed by atoms with Crippen LogP contribution in [0.1, 0.15) is 24.8 Å². The molecule has 1 aromatic carbocycles. The van der Waals surface area contributed by atoms with Crippen LogP contribution in [-0.4, -0.2) is 37.3 Å². The standard InChI is InChI=1S/C20H26N2O3/c1-24-18-7-3-2-6-17(18)8-11-21-19(23)16-20(9-14-25-15-10-20)22-12-4-5-13-22/h2-7,12-13H,8-11,14-16H2,1H3,(H,21,23). The number of rotatable bonds is 7. The van der Waals surface area contributed by atoms with Gasteiger partial charge in [-0.25, -0.2) is 0 Å². The second-order valence-corrected chi connectivity index (χ2v) is 6.52. The molecule has 5 nitrogen and oxygen atoms in total. The third-order valence-corrected chi connectivity index (χ3v) is 4.97. The number of ether oxygens (including phenoxy) is 2. The lowest BCUT2D eigenvalue weighted by atomic mass is 9.86. The fourth-order valence-electron chi connectivity index (χ4n) is 3.54. The molecule has 134 valence electrons. The van der Waals surface area contributed by atoms with E-state index in [2.05, 4.69) is 9.88 Å². The Labute approximate surface area is 148 Å². The predicted molar refractivity (Wildman–Crippen MR) is 96.8 cm³/mol. The third kappa shape index (κ3) is 4.23. The van der Waals surface area contributed by atoms with Crippen LogP contribution in [0.4, 0.5) is 0 Å². The molecule has 5 heteroatoms. The minimum Gasteiger partial charge on any atom is -0.496 e. The van der Waals surface area contributed by atoms with Crippen molar-refractivity contribution in [3.63, 3.8) is 0 Å². The Balaban J connectivity index is 1.57. The van der Waals surface area contributed by atoms with Gasteiger partial charge in [-0.3, -0.25) is 4.79 Å². The van der Waals surface area contributed by atoms with Crippen molar-refractivity contribution in [2.45, 2.75) is 31.2 Å². The summed E-state index contributed by atoms with van der Waals surface area (Å²) in [5.74, 6) is 0.954. The Hall–Kier alpha value is -2.27. The summed E-state index contributed by atoms with van der Waals surface area (Å²) in [6.07, 6.45) is 7.07. The van der Waals surface area contributed by atoms with Gasteiger partial charge >= 0.3 is 0 Å². The van der Waals surface area contributed by atoms with E-state index in [1.165, 1.54) is 0 Å². The van der Waals surface area contributed by atoms with Crippen LogP contribution in [0.15, 0.2) is 48.8 Å². The second-order valence-electron chi connectivity index (χ2n) is 6.52. The van der Waals surface area contributed by atoms with Gasteiger partial charge in [0.1, 0.15) is 5.75 Å². The Morgan fingerprint density at radius 2 is 1.92 bits per heavy atom. The molecule has 1 saturated heterocycles. The average molecular weight is 342 g/mol. The number of nitrogens with one attached hydrogen (secondary N) is 1. The van der Waals surface area contributed by atoms with Gasteiger partial charge in [-0.2, -0.15) is 0 Å². The maximum atomic E-state index is 12.6. The van der Waals surface area contributed by atoms with Crippen LogP contribution >= 0.6 is 0 Å². The van der Waals surface area contributed by atoms with Crippen molar-refractivity contribution >= 4 is 5.91 Å². The van der Waals surface area contributed by atoms with Crippen molar-refractivity contribution in [3.8, 4) is 5.75 Å². The van der Waals surface area contributed by atoms with Crippen LogP contribution < -0.4 is 10.1 Å². The lowest BCUT2D eigenvalue weighted by Crippen LogP contribution is -2.43. The Kier molecular flexibility index (Phi) is 5.76. The van der Waals surface area contributed by atoms with Gasteiger partial charge in [0.15, 0.2) is 0 Å². The fraction of sp³-hybridized carbons (Fsp3) is 0.450. The Morgan fingerprint density at radius 3 is 2.64 bits per heavy atom. The number of carbonyl (C=O) groups is 1. The van der Waals surface area contributed by atoms with Crippen molar-refractivity contribution in [2.75, 3.05) is 26.9 Å². The van der Waals surface area contributed by atoms with Crippen LogP contribution in [-0.2, 0) is 21.5 Å². The molecule has 0 radical (unpaired) electrons. The monoisotopic (exact) mass is 342 g/mol. The second kappa shape index (κ2) is 8.21. The van der Waals surface area contributed by atoms with Gasteiger partial charge in [0.05, 0.1) is 19.1 Å². The van der Waals surface area contributed by atoms with Gasteiger partial charge < -0.3 is 19.4 Å². The quantitative estimate of drug-likeness (QED) is 0.842. The Bertz CT molecular complexity index is 676. The molecule has 1 amide bonds. The lowest BCUT2D eigenvalue weighted by molar-refractivity contribution is -0.124. The summed E-state index contributed by atoms with van der Waals surface area (Å²) in [6, 6.07) is 11.9. The molecule has 0 spiro atoms. The highest BCUT2D eigenvalue weighted by Crippen LogP contribution is 2.32. The first kappa shape index (κ1) is 17.5. The zero-order chi connectivity index (χ0) is 17.5. The zero-order valence-corrected chi connectivity index (χ0v) is 14.7. The van der Waals surface area contributed by atoms with Gasteiger partial charge in [0, 0.05) is 32.2 Å². The van der Waals surface area contributed by atoms with Gasteiger partial charge in [-0.1, -0.05) is 18.2 Å². The van der Waals surface area contributed by atoms with E-state index in [0.717, 1.165) is 30.6 Å². The maximum Gasteiger partial charge on any atom is 0.222 e. The van der Waals surface area contributed by atoms with Crippen molar-refractivity contribution in [2.24, 2.45) is 0 Å². The molecule has 0 bridgehead atoms. The summed E-state index contributed by atoms with van der Waals surface area (Å²) < 4.78 is 13.0. The van der Waals surface area contributed by atoms with Crippen LogP contribution in [0, 0.1) is 0 Å². The molecule has 1 N–H and O–H groups in total. The number of benzene rings is 1. The summed E-state index contributed by atoms with van der Waals surface area (Å²) >= 11 is 0. The Morgan fingerprint density at radius 1 is 1.20 bits per heavy atom. The molecular formula is C20H26N2O3. The van der Waals surface area contributed by atoms with Crippen LogP contribution in [0.5, 0.6) is 5.75 Å². The van der Waals surface area contributed by atoms with E-state index in [-0.39, 0.29) is 11.4 Å². The molecular weight excluding hydrogens is 316 g/mol. The van der Waals surface area contributed by atoms with E-state index >= 15 is 0 Å². The summed E-state index contributed by atoms with van der Waals surface area (Å²) in [5, 5.41) is 3.07. The van der Waals surface area contributed by atoms with E-state index in [9.17, 15) is 4.79 Å². The largest absolute Gasteiger partial charge is 0.496 e. The first-order valence-corrected chi connectivity index (χ1v) is 8.83. The highest BCUT2D eigenvalue weighted by Gasteiger charge is 2.35. The smallest absolute Gasteiger partial charge is 0.222 e. The van der Waals surface area contributed by atoms with Crippen molar-refractivity contribution in [1.82, 2.24) is 9.88 Å². The van der Waals surface area contributed by atoms with Crippen molar-refractivity contribution in [1.29, 1.82) is 0 Å². The SMILES string of the molecule is COc1ccccc1CCNC(=O)CC1(n2cccc2)CCOCC1. The molecule has 3 rings (SSSR count). The number of hydrogen-bond donors (Lipinski definition) is 1. The van der Waals surface area contributed by atoms with Crippen LogP contribution in [0.2, 0.25) is 0 Å². The van der Waals surface area contributed by atoms with E-state index in [1.54, 1.807) is 7.11 Å². The predicted octanol–water partition coefficient (Wildman–Crippen LogP) is 2.75. The topological polar surface area (TPSA) is 52.5 Å². The minimum absolute atomic E-state index is 0.0884. The third-order valence-electron chi connectivity index (χ3n) is 4.97. The van der Waals surface area contributed by atoms with Gasteiger partial charge in [0.25, 0.3) is 0 Å². The highest BCUT2D eigenvalue weighted by atomic mass is 16.5. The van der Waals surface area contributed by atoms with Crippen LogP contribution in [0.25, 0.3) is 0 Å². The normalized spacial score (nSPS) is 16.4. The molecule has 1 aliphatic rings. The molecule has 0 atom stereocenters. The molecule has 1 aromatic heterocycles. The number of nitrogens with zero attached hydrogens (tertiary/aromatic N) is 1.